The summed E-state index contributed by atoms with van der Waals surface area (Å²) in [6.45, 7) is -0.0784. The van der Waals surface area contributed by atoms with Crippen LogP contribution in [0.25, 0.3) is 6.08 Å². The molecular weight excluding hydrogens is 234 g/mol. The molecule has 0 fully saturated rings. The molecule has 1 amide bonds. The van der Waals surface area contributed by atoms with Crippen LogP contribution in [-0.4, -0.2) is 42.6 Å². The first-order valence-electron chi connectivity index (χ1n) is 5.33. The second-order valence-corrected chi connectivity index (χ2v) is 3.79. The zero-order valence-electron chi connectivity index (χ0n) is 10.3. The highest BCUT2D eigenvalue weighted by Crippen LogP contribution is 2.19. The number of hydrogen-bond acceptors (Lipinski definition) is 3. The Balaban J connectivity index is 2.76. The van der Waals surface area contributed by atoms with Gasteiger partial charge in [-0.05, 0) is 12.1 Å². The van der Waals surface area contributed by atoms with E-state index in [0.29, 0.717) is 11.3 Å². The van der Waals surface area contributed by atoms with Crippen molar-refractivity contribution in [3.8, 4) is 5.75 Å². The van der Waals surface area contributed by atoms with Crippen molar-refractivity contribution in [2.45, 2.75) is 0 Å². The molecule has 0 atom stereocenters. The van der Waals surface area contributed by atoms with Crippen molar-refractivity contribution < 1.29 is 19.4 Å². The van der Waals surface area contributed by atoms with E-state index in [2.05, 4.69) is 0 Å². The van der Waals surface area contributed by atoms with E-state index in [4.69, 9.17) is 9.84 Å². The van der Waals surface area contributed by atoms with Crippen LogP contribution >= 0.6 is 0 Å². The predicted octanol–water partition coefficient (Wildman–Crippen LogP) is 1.25. The zero-order chi connectivity index (χ0) is 13.5. The number of carboxylic acid groups (broad SMARTS) is 1. The van der Waals surface area contributed by atoms with Crippen molar-refractivity contribution in [1.82, 2.24) is 4.90 Å². The van der Waals surface area contributed by atoms with Gasteiger partial charge in [0.1, 0.15) is 5.75 Å². The Morgan fingerprint density at radius 1 is 1.33 bits per heavy atom. The normalized spacial score (nSPS) is 10.3. The number of carboxylic acids is 1. The monoisotopic (exact) mass is 249 g/mol. The van der Waals surface area contributed by atoms with Crippen molar-refractivity contribution in [3.63, 3.8) is 0 Å². The summed E-state index contributed by atoms with van der Waals surface area (Å²) >= 11 is 0. The van der Waals surface area contributed by atoms with Crippen LogP contribution in [0.1, 0.15) is 5.56 Å². The van der Waals surface area contributed by atoms with Gasteiger partial charge in [-0.3, -0.25) is 4.79 Å². The number of amides is 1. The molecule has 0 aromatic heterocycles. The minimum Gasteiger partial charge on any atom is -0.483 e. The number of para-hydroxylation sites is 1. The molecule has 0 unspecified atom stereocenters. The number of likely N-dealkylation sites (N-methyl/N-ethyl adjacent to an activating group) is 1. The van der Waals surface area contributed by atoms with Crippen molar-refractivity contribution in [3.05, 3.63) is 35.9 Å². The first kappa shape index (κ1) is 13.8. The Morgan fingerprint density at radius 2 is 2.00 bits per heavy atom. The van der Waals surface area contributed by atoms with E-state index >= 15 is 0 Å². The minimum absolute atomic E-state index is 0.0784. The van der Waals surface area contributed by atoms with Gasteiger partial charge in [0.2, 0.25) is 0 Å². The number of ether oxygens (including phenoxy) is 1. The number of carbonyl (C=O) groups is 2. The van der Waals surface area contributed by atoms with Crippen molar-refractivity contribution in [2.75, 3.05) is 20.7 Å². The van der Waals surface area contributed by atoms with Crippen LogP contribution in [0.5, 0.6) is 5.75 Å². The largest absolute Gasteiger partial charge is 0.483 e. The van der Waals surface area contributed by atoms with Crippen LogP contribution in [-0.2, 0) is 9.59 Å². The molecule has 0 bridgehead atoms. The molecular formula is C13H15NO4. The number of hydrogen-bond donors (Lipinski definition) is 1. The van der Waals surface area contributed by atoms with Crippen LogP contribution in [0, 0.1) is 0 Å². The topological polar surface area (TPSA) is 66.8 Å². The average molecular weight is 249 g/mol. The number of nitrogens with zero attached hydrogens (tertiary/aromatic N) is 1. The Bertz CT molecular complexity index is 466. The maximum Gasteiger partial charge on any atom is 0.328 e. The third-order valence-corrected chi connectivity index (χ3v) is 2.17. The Morgan fingerprint density at radius 3 is 2.61 bits per heavy atom. The highest BCUT2D eigenvalue weighted by atomic mass is 16.5. The summed E-state index contributed by atoms with van der Waals surface area (Å²) < 4.78 is 5.36. The summed E-state index contributed by atoms with van der Waals surface area (Å²) in [5.41, 5.74) is 0.617. The standard InChI is InChI=1S/C13H15NO4/c1-14(2)12(15)9-18-11-6-4-3-5-10(11)7-8-13(16)17/h3-8H,9H2,1-2H3,(H,16,17)/b8-7+. The number of carbonyl (C=O) groups excluding carboxylic acids is 1. The van der Waals surface area contributed by atoms with E-state index < -0.39 is 5.97 Å². The van der Waals surface area contributed by atoms with Crippen LogP contribution < -0.4 is 4.74 Å². The molecule has 0 aliphatic carbocycles. The smallest absolute Gasteiger partial charge is 0.328 e. The molecule has 0 heterocycles. The molecule has 0 saturated carbocycles. The molecule has 0 aliphatic heterocycles. The molecule has 0 radical (unpaired) electrons. The summed E-state index contributed by atoms with van der Waals surface area (Å²) in [7, 11) is 3.28. The molecule has 0 aliphatic rings. The molecule has 96 valence electrons. The highest BCUT2D eigenvalue weighted by Gasteiger charge is 2.06. The van der Waals surface area contributed by atoms with Gasteiger partial charge >= 0.3 is 5.97 Å². The second kappa shape index (κ2) is 6.44. The van der Waals surface area contributed by atoms with E-state index in [1.54, 1.807) is 38.4 Å². The maximum absolute atomic E-state index is 11.4. The predicted molar refractivity (Wildman–Crippen MR) is 67.3 cm³/mol. The molecule has 1 rings (SSSR count). The number of rotatable bonds is 5. The van der Waals surface area contributed by atoms with Crippen LogP contribution in [0.4, 0.5) is 0 Å². The third-order valence-electron chi connectivity index (χ3n) is 2.17. The summed E-state index contributed by atoms with van der Waals surface area (Å²) in [4.78, 5) is 23.3. The van der Waals surface area contributed by atoms with Gasteiger partial charge in [-0.1, -0.05) is 18.2 Å². The molecule has 5 nitrogen and oxygen atoms in total. The van der Waals surface area contributed by atoms with Crippen LogP contribution in [0.15, 0.2) is 30.3 Å². The lowest BCUT2D eigenvalue weighted by atomic mass is 10.2. The molecule has 0 spiro atoms. The summed E-state index contributed by atoms with van der Waals surface area (Å²) in [5.74, 6) is -0.716. The fraction of sp³-hybridized carbons (Fsp3) is 0.231. The van der Waals surface area contributed by atoms with Crippen LogP contribution in [0.3, 0.4) is 0 Å². The van der Waals surface area contributed by atoms with Crippen molar-refractivity contribution in [1.29, 1.82) is 0 Å². The molecule has 0 saturated heterocycles. The summed E-state index contributed by atoms with van der Waals surface area (Å²) in [5, 5.41) is 8.57. The SMILES string of the molecule is CN(C)C(=O)COc1ccccc1/C=C/C(=O)O. The highest BCUT2D eigenvalue weighted by molar-refractivity contribution is 5.86. The lowest BCUT2D eigenvalue weighted by Crippen LogP contribution is -2.27. The van der Waals surface area contributed by atoms with Gasteiger partial charge in [0.15, 0.2) is 6.61 Å². The first-order valence-corrected chi connectivity index (χ1v) is 5.33. The quantitative estimate of drug-likeness (QED) is 0.797. The zero-order valence-corrected chi connectivity index (χ0v) is 10.3. The lowest BCUT2D eigenvalue weighted by molar-refractivity contribution is -0.132. The molecule has 5 heteroatoms. The van der Waals surface area contributed by atoms with Crippen molar-refractivity contribution >= 4 is 18.0 Å². The van der Waals surface area contributed by atoms with Gasteiger partial charge in [0, 0.05) is 25.7 Å². The summed E-state index contributed by atoms with van der Waals surface area (Å²) in [6, 6.07) is 6.93. The van der Waals surface area contributed by atoms with Gasteiger partial charge in [-0.15, -0.1) is 0 Å². The number of aliphatic carboxylic acids is 1. The fourth-order valence-electron chi connectivity index (χ4n) is 1.18. The number of benzene rings is 1. The molecule has 1 aromatic rings. The van der Waals surface area contributed by atoms with E-state index in [1.807, 2.05) is 0 Å². The van der Waals surface area contributed by atoms with Crippen molar-refractivity contribution in [2.24, 2.45) is 0 Å². The minimum atomic E-state index is -1.03. The lowest BCUT2D eigenvalue weighted by Gasteiger charge is -2.12. The summed E-state index contributed by atoms with van der Waals surface area (Å²) in [6.07, 6.45) is 2.45. The molecule has 1 N–H and O–H groups in total. The van der Waals surface area contributed by atoms with Gasteiger partial charge in [0.25, 0.3) is 5.91 Å². The van der Waals surface area contributed by atoms with Gasteiger partial charge < -0.3 is 14.7 Å². The first-order chi connectivity index (χ1) is 8.50. The average Bonchev–Trinajstić information content (AvgIpc) is 2.34. The molecule has 18 heavy (non-hydrogen) atoms. The van der Waals surface area contributed by atoms with Gasteiger partial charge in [-0.2, -0.15) is 0 Å². The fourth-order valence-corrected chi connectivity index (χ4v) is 1.18. The van der Waals surface area contributed by atoms with E-state index in [-0.39, 0.29) is 12.5 Å². The maximum atomic E-state index is 11.4. The van der Waals surface area contributed by atoms with E-state index in [0.717, 1.165) is 6.08 Å². The van der Waals surface area contributed by atoms with E-state index in [9.17, 15) is 9.59 Å². The van der Waals surface area contributed by atoms with E-state index in [1.165, 1.54) is 11.0 Å². The van der Waals surface area contributed by atoms with Crippen LogP contribution in [0.2, 0.25) is 0 Å². The van der Waals surface area contributed by atoms with Gasteiger partial charge in [-0.25, -0.2) is 4.79 Å². The third kappa shape index (κ3) is 4.29. The Labute approximate surface area is 105 Å². The molecule has 1 aromatic carbocycles. The second-order valence-electron chi connectivity index (χ2n) is 3.79. The van der Waals surface area contributed by atoms with Gasteiger partial charge in [0.05, 0.1) is 0 Å². The Hall–Kier alpha value is -2.30. The Kier molecular flexibility index (Phi) is 4.92.